The van der Waals surface area contributed by atoms with E-state index in [9.17, 15) is 8.42 Å². The molecule has 0 radical (unpaired) electrons. The van der Waals surface area contributed by atoms with E-state index in [1.807, 2.05) is 20.8 Å². The monoisotopic (exact) mass is 305 g/mol. The second-order valence-corrected chi connectivity index (χ2v) is 6.91. The number of allylic oxidation sites excluding steroid dienone is 4. The van der Waals surface area contributed by atoms with Crippen LogP contribution in [0.3, 0.4) is 0 Å². The number of rotatable bonds is 7. The van der Waals surface area contributed by atoms with Crippen molar-refractivity contribution in [1.29, 1.82) is 0 Å². The van der Waals surface area contributed by atoms with Gasteiger partial charge in [-0.2, -0.15) is 0 Å². The van der Waals surface area contributed by atoms with Crippen LogP contribution in [0, 0.1) is 5.92 Å². The Hall–Kier alpha value is -1.81. The molecule has 0 saturated carbocycles. The average molecular weight is 305 g/mol. The number of sulfonamides is 1. The SMILES string of the molecule is C=C/C=C\C(=C/C)N(CC(C)C)S(=O)(=O)c1ccccc1. The Kier molecular flexibility index (Phi) is 6.43. The molecule has 0 N–H and O–H groups in total. The predicted molar refractivity (Wildman–Crippen MR) is 88.3 cm³/mol. The summed E-state index contributed by atoms with van der Waals surface area (Å²) in [6.45, 7) is 9.88. The van der Waals surface area contributed by atoms with E-state index < -0.39 is 10.0 Å². The molecule has 0 spiro atoms. The molecular formula is C17H23NO2S. The van der Waals surface area contributed by atoms with E-state index in [-0.39, 0.29) is 5.92 Å². The summed E-state index contributed by atoms with van der Waals surface area (Å²) in [5.74, 6) is 0.218. The first-order valence-electron chi connectivity index (χ1n) is 6.96. The Labute approximate surface area is 128 Å². The Bertz CT molecular complexity index is 613. The van der Waals surface area contributed by atoms with Gasteiger partial charge in [-0.05, 0) is 31.1 Å². The highest BCUT2D eigenvalue weighted by atomic mass is 32.2. The van der Waals surface area contributed by atoms with E-state index in [4.69, 9.17) is 0 Å². The third-order valence-corrected chi connectivity index (χ3v) is 4.66. The minimum absolute atomic E-state index is 0.218. The maximum atomic E-state index is 12.9. The molecule has 0 aliphatic rings. The van der Waals surface area contributed by atoms with Crippen molar-refractivity contribution in [3.05, 3.63) is 66.9 Å². The maximum Gasteiger partial charge on any atom is 0.264 e. The van der Waals surface area contributed by atoms with Crippen molar-refractivity contribution in [2.75, 3.05) is 6.54 Å². The van der Waals surface area contributed by atoms with Crippen molar-refractivity contribution in [2.45, 2.75) is 25.7 Å². The standard InChI is InChI=1S/C17H23NO2S/c1-5-7-11-16(6-2)18(14-15(3)4)21(19,20)17-12-9-8-10-13-17/h5-13,15H,1,14H2,2-4H3/b11-7-,16-6+. The van der Waals surface area contributed by atoms with E-state index in [1.54, 1.807) is 54.6 Å². The van der Waals surface area contributed by atoms with Crippen LogP contribution in [0.1, 0.15) is 20.8 Å². The lowest BCUT2D eigenvalue weighted by molar-refractivity contribution is 0.429. The average Bonchev–Trinajstić information content (AvgIpc) is 2.47. The topological polar surface area (TPSA) is 37.4 Å². The van der Waals surface area contributed by atoms with Crippen molar-refractivity contribution in [2.24, 2.45) is 5.92 Å². The lowest BCUT2D eigenvalue weighted by atomic mass is 10.2. The molecule has 21 heavy (non-hydrogen) atoms. The second-order valence-electron chi connectivity index (χ2n) is 5.05. The van der Waals surface area contributed by atoms with Crippen molar-refractivity contribution >= 4 is 10.0 Å². The number of benzene rings is 1. The summed E-state index contributed by atoms with van der Waals surface area (Å²) in [5.41, 5.74) is 0.646. The summed E-state index contributed by atoms with van der Waals surface area (Å²) >= 11 is 0. The third kappa shape index (κ3) is 4.60. The van der Waals surface area contributed by atoms with E-state index in [0.29, 0.717) is 17.1 Å². The zero-order valence-electron chi connectivity index (χ0n) is 12.9. The summed E-state index contributed by atoms with van der Waals surface area (Å²) in [5, 5.41) is 0. The molecule has 1 aromatic rings. The molecule has 4 heteroatoms. The highest BCUT2D eigenvalue weighted by molar-refractivity contribution is 7.89. The van der Waals surface area contributed by atoms with Crippen LogP contribution in [0.4, 0.5) is 0 Å². The van der Waals surface area contributed by atoms with Crippen LogP contribution in [0.2, 0.25) is 0 Å². The molecule has 114 valence electrons. The van der Waals surface area contributed by atoms with Gasteiger partial charge in [-0.15, -0.1) is 0 Å². The van der Waals surface area contributed by atoms with Gasteiger partial charge in [0.15, 0.2) is 0 Å². The molecule has 1 rings (SSSR count). The third-order valence-electron chi connectivity index (χ3n) is 2.85. The quantitative estimate of drug-likeness (QED) is 0.715. The van der Waals surface area contributed by atoms with Crippen LogP contribution in [0.5, 0.6) is 0 Å². The lowest BCUT2D eigenvalue weighted by Gasteiger charge is -2.27. The summed E-state index contributed by atoms with van der Waals surface area (Å²) in [7, 11) is -3.56. The molecule has 0 aliphatic heterocycles. The predicted octanol–water partition coefficient (Wildman–Crippen LogP) is 3.98. The van der Waals surface area contributed by atoms with Crippen molar-refractivity contribution in [3.63, 3.8) is 0 Å². The molecule has 0 unspecified atom stereocenters. The number of hydrogen-bond donors (Lipinski definition) is 0. The smallest absolute Gasteiger partial charge is 0.264 e. The highest BCUT2D eigenvalue weighted by Gasteiger charge is 2.25. The van der Waals surface area contributed by atoms with Gasteiger partial charge >= 0.3 is 0 Å². The van der Waals surface area contributed by atoms with Crippen molar-refractivity contribution < 1.29 is 8.42 Å². The van der Waals surface area contributed by atoms with Gasteiger partial charge in [0.05, 0.1) is 4.90 Å². The largest absolute Gasteiger partial charge is 0.266 e. The molecule has 0 bridgehead atoms. The summed E-state index contributed by atoms with van der Waals surface area (Å²) < 4.78 is 27.2. The van der Waals surface area contributed by atoms with Crippen LogP contribution in [0.15, 0.2) is 71.8 Å². The molecule has 0 fully saturated rings. The van der Waals surface area contributed by atoms with E-state index >= 15 is 0 Å². The number of hydrogen-bond acceptors (Lipinski definition) is 2. The molecule has 0 saturated heterocycles. The Morgan fingerprint density at radius 2 is 1.90 bits per heavy atom. The Balaban J connectivity index is 3.31. The van der Waals surface area contributed by atoms with Gasteiger partial charge in [-0.25, -0.2) is 8.42 Å². The van der Waals surface area contributed by atoms with Gasteiger partial charge in [0.1, 0.15) is 0 Å². The summed E-state index contributed by atoms with van der Waals surface area (Å²) in [4.78, 5) is 0.303. The van der Waals surface area contributed by atoms with Gasteiger partial charge in [-0.1, -0.05) is 56.9 Å². The van der Waals surface area contributed by atoms with Crippen molar-refractivity contribution in [3.8, 4) is 0 Å². The molecule has 0 aromatic heterocycles. The second kappa shape index (κ2) is 7.84. The van der Waals surface area contributed by atoms with Crippen LogP contribution in [-0.4, -0.2) is 19.3 Å². The molecule has 3 nitrogen and oxygen atoms in total. The molecule has 0 heterocycles. The zero-order valence-corrected chi connectivity index (χ0v) is 13.7. The summed E-state index contributed by atoms with van der Waals surface area (Å²) in [6, 6.07) is 8.50. The minimum atomic E-state index is -3.56. The van der Waals surface area contributed by atoms with E-state index in [1.165, 1.54) is 4.31 Å². The molecule has 0 atom stereocenters. The van der Waals surface area contributed by atoms with Crippen molar-refractivity contribution in [1.82, 2.24) is 4.31 Å². The van der Waals surface area contributed by atoms with Crippen LogP contribution >= 0.6 is 0 Å². The van der Waals surface area contributed by atoms with Gasteiger partial charge in [0.2, 0.25) is 0 Å². The zero-order chi connectivity index (χ0) is 15.9. The maximum absolute atomic E-state index is 12.9. The van der Waals surface area contributed by atoms with Gasteiger partial charge in [0.25, 0.3) is 10.0 Å². The fourth-order valence-electron chi connectivity index (χ4n) is 1.88. The fourth-order valence-corrected chi connectivity index (χ4v) is 3.58. The normalized spacial score (nSPS) is 12.9. The fraction of sp³-hybridized carbons (Fsp3) is 0.294. The first kappa shape index (κ1) is 17.2. The van der Waals surface area contributed by atoms with E-state index in [0.717, 1.165) is 0 Å². The van der Waals surface area contributed by atoms with Gasteiger partial charge < -0.3 is 0 Å². The van der Waals surface area contributed by atoms with Gasteiger partial charge in [-0.3, -0.25) is 4.31 Å². The van der Waals surface area contributed by atoms with Gasteiger partial charge in [0, 0.05) is 12.2 Å². The van der Waals surface area contributed by atoms with E-state index in [2.05, 4.69) is 6.58 Å². The molecule has 0 aliphatic carbocycles. The summed E-state index contributed by atoms with van der Waals surface area (Å²) in [6.07, 6.45) is 6.92. The first-order valence-corrected chi connectivity index (χ1v) is 8.40. The highest BCUT2D eigenvalue weighted by Crippen LogP contribution is 2.22. The lowest BCUT2D eigenvalue weighted by Crippen LogP contribution is -2.33. The Morgan fingerprint density at radius 3 is 2.38 bits per heavy atom. The van der Waals surface area contributed by atoms with Crippen LogP contribution < -0.4 is 0 Å². The molecular weight excluding hydrogens is 282 g/mol. The van der Waals surface area contributed by atoms with Crippen LogP contribution in [-0.2, 0) is 10.0 Å². The minimum Gasteiger partial charge on any atom is -0.266 e. The Morgan fingerprint density at radius 1 is 1.29 bits per heavy atom. The molecule has 1 aromatic carbocycles. The number of nitrogens with zero attached hydrogens (tertiary/aromatic N) is 1. The van der Waals surface area contributed by atoms with Crippen LogP contribution in [0.25, 0.3) is 0 Å². The first-order chi connectivity index (χ1) is 9.93. The molecule has 0 amide bonds.